The van der Waals surface area contributed by atoms with Crippen molar-refractivity contribution >= 4 is 23.6 Å². The fourth-order valence-electron chi connectivity index (χ4n) is 4.33. The number of benzene rings is 2. The molecular formula is C26H28FN7O. The number of rotatable bonds is 7. The topological polar surface area (TPSA) is 113 Å². The van der Waals surface area contributed by atoms with E-state index in [4.69, 9.17) is 15.9 Å². The summed E-state index contributed by atoms with van der Waals surface area (Å²) in [5.74, 6) is 1.51. The van der Waals surface area contributed by atoms with Gasteiger partial charge in [-0.2, -0.15) is 0 Å². The Morgan fingerprint density at radius 2 is 1.86 bits per heavy atom. The molecule has 3 aromatic rings. The number of hydrogen-bond donors (Lipinski definition) is 3. The van der Waals surface area contributed by atoms with E-state index in [-0.39, 0.29) is 23.3 Å². The van der Waals surface area contributed by atoms with Crippen molar-refractivity contribution in [2.75, 3.05) is 31.9 Å². The molecule has 35 heavy (non-hydrogen) atoms. The Hall–Kier alpha value is -3.69. The van der Waals surface area contributed by atoms with Crippen LogP contribution in [0.15, 0.2) is 65.9 Å². The zero-order chi connectivity index (χ0) is 24.2. The molecular weight excluding hydrogens is 445 g/mol. The number of nitrogen functional groups attached to an aromatic ring is 1. The van der Waals surface area contributed by atoms with Gasteiger partial charge >= 0.3 is 0 Å². The number of anilines is 1. The summed E-state index contributed by atoms with van der Waals surface area (Å²) in [6, 6.07) is 17.1. The smallest absolute Gasteiger partial charge is 0.166 e. The molecule has 180 valence electrons. The summed E-state index contributed by atoms with van der Waals surface area (Å²) in [6.07, 6.45) is 2.63. The summed E-state index contributed by atoms with van der Waals surface area (Å²) in [5, 5.41) is 12.0. The first-order chi connectivity index (χ1) is 17.1. The Bertz CT molecular complexity index is 1200. The van der Waals surface area contributed by atoms with Crippen molar-refractivity contribution in [1.29, 1.82) is 5.41 Å². The van der Waals surface area contributed by atoms with Gasteiger partial charge in [-0.05, 0) is 49.4 Å². The lowest BCUT2D eigenvalue weighted by molar-refractivity contribution is 0.0586. The molecule has 2 aromatic carbocycles. The third kappa shape index (κ3) is 5.21. The monoisotopic (exact) mass is 473 g/mol. The van der Waals surface area contributed by atoms with Gasteiger partial charge in [-0.15, -0.1) is 0 Å². The minimum absolute atomic E-state index is 0.144. The van der Waals surface area contributed by atoms with E-state index < -0.39 is 6.17 Å². The second kappa shape index (κ2) is 10.3. The summed E-state index contributed by atoms with van der Waals surface area (Å²) in [4.78, 5) is 15.0. The van der Waals surface area contributed by atoms with Crippen molar-refractivity contribution in [3.8, 4) is 11.5 Å². The second-order valence-electron chi connectivity index (χ2n) is 8.83. The van der Waals surface area contributed by atoms with E-state index in [0.29, 0.717) is 35.9 Å². The average molecular weight is 474 g/mol. The zero-order valence-corrected chi connectivity index (χ0v) is 19.3. The molecule has 2 aliphatic heterocycles. The second-order valence-corrected chi connectivity index (χ2v) is 8.83. The van der Waals surface area contributed by atoms with E-state index in [1.165, 1.54) is 6.33 Å². The first kappa shape index (κ1) is 23.1. The summed E-state index contributed by atoms with van der Waals surface area (Å²) >= 11 is 0. The van der Waals surface area contributed by atoms with Crippen LogP contribution in [0.1, 0.15) is 17.5 Å². The highest BCUT2D eigenvalue weighted by Crippen LogP contribution is 2.28. The summed E-state index contributed by atoms with van der Waals surface area (Å²) in [6.45, 7) is 3.11. The maximum absolute atomic E-state index is 14.9. The van der Waals surface area contributed by atoms with Crippen molar-refractivity contribution in [1.82, 2.24) is 20.2 Å². The Balaban J connectivity index is 1.30. The van der Waals surface area contributed by atoms with Crippen molar-refractivity contribution in [3.05, 3.63) is 72.1 Å². The Morgan fingerprint density at radius 1 is 1.11 bits per heavy atom. The van der Waals surface area contributed by atoms with Crippen LogP contribution in [0.2, 0.25) is 0 Å². The molecule has 8 nitrogen and oxygen atoms in total. The first-order valence-electron chi connectivity index (χ1n) is 11.7. The van der Waals surface area contributed by atoms with Gasteiger partial charge in [0.1, 0.15) is 29.8 Å². The highest BCUT2D eigenvalue weighted by atomic mass is 19.1. The normalized spacial score (nSPS) is 21.1. The summed E-state index contributed by atoms with van der Waals surface area (Å²) < 4.78 is 20.7. The lowest BCUT2D eigenvalue weighted by Gasteiger charge is -2.42. The number of nitrogens with two attached hydrogens (primary N) is 1. The van der Waals surface area contributed by atoms with E-state index in [9.17, 15) is 4.39 Å². The number of alkyl halides is 1. The number of piperidine rings is 1. The van der Waals surface area contributed by atoms with Crippen LogP contribution in [0.25, 0.3) is 0 Å². The zero-order valence-electron chi connectivity index (χ0n) is 19.3. The van der Waals surface area contributed by atoms with Gasteiger partial charge < -0.3 is 15.8 Å². The predicted molar refractivity (Wildman–Crippen MR) is 135 cm³/mol. The summed E-state index contributed by atoms with van der Waals surface area (Å²) in [5.41, 5.74) is 7.22. The van der Waals surface area contributed by atoms with Crippen molar-refractivity contribution in [2.45, 2.75) is 18.6 Å². The molecule has 0 bridgehead atoms. The van der Waals surface area contributed by atoms with Crippen LogP contribution < -0.4 is 15.8 Å². The van der Waals surface area contributed by atoms with Gasteiger partial charge in [0.2, 0.25) is 0 Å². The van der Waals surface area contributed by atoms with Crippen LogP contribution in [-0.4, -0.2) is 65.2 Å². The highest BCUT2D eigenvalue weighted by Gasteiger charge is 2.34. The standard InChI is InChI=1S/C26H28FN7O/c27-22-15-34(19-13-30-14-19)11-10-18(22)12-31-26-23(25(29)32-16-33-26)24(28)17-6-8-21(9-7-17)35-20-4-2-1-3-5-20/h1-9,12,16,18-19,22,28,30H,10-11,13-15H2,(H2,29,32,33)/b28-24?,31-12-/t18?,22-/m0/s1. The molecule has 1 unspecified atom stereocenters. The maximum Gasteiger partial charge on any atom is 0.166 e. The number of halogens is 1. The molecule has 0 aliphatic carbocycles. The molecule has 0 saturated carbocycles. The van der Waals surface area contributed by atoms with Crippen LogP contribution in [0.3, 0.4) is 0 Å². The number of ether oxygens (including phenoxy) is 1. The molecule has 0 amide bonds. The Kier molecular flexibility index (Phi) is 6.78. The quantitative estimate of drug-likeness (QED) is 0.452. The van der Waals surface area contributed by atoms with Gasteiger partial charge in [0.25, 0.3) is 0 Å². The van der Waals surface area contributed by atoms with Crippen molar-refractivity contribution in [2.24, 2.45) is 10.9 Å². The van der Waals surface area contributed by atoms with Crippen molar-refractivity contribution in [3.63, 3.8) is 0 Å². The van der Waals surface area contributed by atoms with Gasteiger partial charge in [0.05, 0.1) is 11.3 Å². The van der Waals surface area contributed by atoms with E-state index >= 15 is 0 Å². The van der Waals surface area contributed by atoms with Gasteiger partial charge in [-0.1, -0.05) is 18.2 Å². The maximum atomic E-state index is 14.9. The number of likely N-dealkylation sites (tertiary alicyclic amines) is 1. The highest BCUT2D eigenvalue weighted by molar-refractivity contribution is 6.16. The van der Waals surface area contributed by atoms with Gasteiger partial charge in [-0.25, -0.2) is 19.4 Å². The van der Waals surface area contributed by atoms with Crippen LogP contribution in [0.4, 0.5) is 16.0 Å². The number of nitrogens with zero attached hydrogens (tertiary/aromatic N) is 4. The number of aromatic nitrogens is 2. The van der Waals surface area contributed by atoms with E-state index in [2.05, 4.69) is 25.2 Å². The minimum atomic E-state index is -0.993. The number of aliphatic imine (C=N–C) groups is 1. The Morgan fingerprint density at radius 3 is 2.54 bits per heavy atom. The minimum Gasteiger partial charge on any atom is -0.457 e. The molecule has 2 atom stereocenters. The molecule has 2 saturated heterocycles. The van der Waals surface area contributed by atoms with Crippen LogP contribution in [0, 0.1) is 11.3 Å². The molecule has 4 N–H and O–H groups in total. The van der Waals surface area contributed by atoms with Crippen LogP contribution >= 0.6 is 0 Å². The third-order valence-electron chi connectivity index (χ3n) is 6.52. The number of hydrogen-bond acceptors (Lipinski definition) is 8. The Labute approximate surface area is 203 Å². The fraction of sp³-hybridized carbons (Fsp3) is 0.308. The van der Waals surface area contributed by atoms with Crippen LogP contribution in [0.5, 0.6) is 11.5 Å². The first-order valence-corrected chi connectivity index (χ1v) is 11.7. The largest absolute Gasteiger partial charge is 0.457 e. The molecule has 2 fully saturated rings. The molecule has 3 heterocycles. The molecule has 0 spiro atoms. The molecule has 2 aliphatic rings. The van der Waals surface area contributed by atoms with E-state index in [1.54, 1.807) is 30.5 Å². The molecule has 1 aromatic heterocycles. The van der Waals surface area contributed by atoms with Gasteiger partial charge in [0, 0.05) is 43.4 Å². The average Bonchev–Trinajstić information content (AvgIpc) is 2.83. The lowest BCUT2D eigenvalue weighted by Crippen LogP contribution is -2.60. The predicted octanol–water partition coefficient (Wildman–Crippen LogP) is 3.60. The van der Waals surface area contributed by atoms with Crippen LogP contribution in [-0.2, 0) is 0 Å². The molecule has 5 rings (SSSR count). The summed E-state index contributed by atoms with van der Waals surface area (Å²) in [7, 11) is 0. The third-order valence-corrected chi connectivity index (χ3v) is 6.52. The SMILES string of the molecule is N=C(c1ccc(Oc2ccccc2)cc1)c1c(N)ncnc1/N=C\C1CCN(C2CNC2)C[C@@H]1F. The fourth-order valence-corrected chi connectivity index (χ4v) is 4.33. The molecule has 9 heteroatoms. The lowest BCUT2D eigenvalue weighted by atomic mass is 9.94. The number of para-hydroxylation sites is 1. The van der Waals surface area contributed by atoms with Crippen molar-refractivity contribution < 1.29 is 9.13 Å². The van der Waals surface area contributed by atoms with Gasteiger partial charge in [0.15, 0.2) is 5.82 Å². The number of nitrogens with one attached hydrogen (secondary N) is 2. The molecule has 0 radical (unpaired) electrons. The van der Waals surface area contributed by atoms with E-state index in [1.807, 2.05) is 30.3 Å². The van der Waals surface area contributed by atoms with E-state index in [0.717, 1.165) is 25.4 Å². The van der Waals surface area contributed by atoms with Gasteiger partial charge in [-0.3, -0.25) is 10.3 Å².